The monoisotopic (exact) mass is 343 g/mol. The number of anilines is 1. The second-order valence-electron chi connectivity index (χ2n) is 6.45. The van der Waals surface area contributed by atoms with Crippen LogP contribution in [0.2, 0.25) is 0 Å². The third-order valence-corrected chi connectivity index (χ3v) is 5.02. The molecule has 1 saturated heterocycles. The summed E-state index contributed by atoms with van der Waals surface area (Å²) in [5, 5.41) is 8.37. The maximum absolute atomic E-state index is 5.57. The minimum absolute atomic E-state index is 0.793. The lowest BCUT2D eigenvalue weighted by Gasteiger charge is -2.36. The molecule has 0 bridgehead atoms. The Morgan fingerprint density at radius 2 is 1.79 bits per heavy atom. The highest BCUT2D eigenvalue weighted by Gasteiger charge is 2.19. The molecule has 2 heterocycles. The summed E-state index contributed by atoms with van der Waals surface area (Å²) in [5.74, 6) is 0. The molecule has 5 nitrogen and oxygen atoms in total. The molecule has 1 aromatic carbocycles. The molecule has 0 unspecified atom stereocenters. The Labute approximate surface area is 149 Å². The molecule has 128 valence electrons. The fourth-order valence-electron chi connectivity index (χ4n) is 2.88. The van der Waals surface area contributed by atoms with Crippen LogP contribution in [0.3, 0.4) is 0 Å². The first-order chi connectivity index (χ1) is 11.5. The SMILES string of the molecule is Cc1ccc(CN2CCN(C(=S)Nc3cnn(C)c3C)CC2)cc1. The summed E-state index contributed by atoms with van der Waals surface area (Å²) < 4.78 is 1.85. The molecular formula is C18H25N5S. The van der Waals surface area contributed by atoms with Crippen LogP contribution in [-0.4, -0.2) is 50.9 Å². The molecule has 6 heteroatoms. The van der Waals surface area contributed by atoms with Crippen LogP contribution in [0.15, 0.2) is 30.5 Å². The first kappa shape index (κ1) is 16.9. The quantitative estimate of drug-likeness (QED) is 0.867. The van der Waals surface area contributed by atoms with Gasteiger partial charge in [0.25, 0.3) is 0 Å². The van der Waals surface area contributed by atoms with Gasteiger partial charge >= 0.3 is 0 Å². The maximum atomic E-state index is 5.57. The Balaban J connectivity index is 1.50. The normalized spacial score (nSPS) is 15.5. The Bertz CT molecular complexity index is 699. The molecule has 1 aliphatic rings. The fourth-order valence-corrected chi connectivity index (χ4v) is 3.17. The summed E-state index contributed by atoms with van der Waals surface area (Å²) in [6, 6.07) is 8.81. The number of thiocarbonyl (C=S) groups is 1. The van der Waals surface area contributed by atoms with E-state index in [9.17, 15) is 0 Å². The van der Waals surface area contributed by atoms with Gasteiger partial charge in [0, 0.05) is 39.8 Å². The van der Waals surface area contributed by atoms with Crippen LogP contribution < -0.4 is 5.32 Å². The van der Waals surface area contributed by atoms with E-state index in [0.29, 0.717) is 0 Å². The second-order valence-corrected chi connectivity index (χ2v) is 6.83. The Hall–Kier alpha value is -1.92. The second kappa shape index (κ2) is 7.32. The van der Waals surface area contributed by atoms with Gasteiger partial charge < -0.3 is 10.2 Å². The summed E-state index contributed by atoms with van der Waals surface area (Å²) in [7, 11) is 1.94. The molecule has 0 radical (unpaired) electrons. The number of hydrogen-bond acceptors (Lipinski definition) is 3. The lowest BCUT2D eigenvalue weighted by molar-refractivity contribution is 0.177. The molecule has 1 aliphatic heterocycles. The van der Waals surface area contributed by atoms with Gasteiger partial charge in [-0.1, -0.05) is 29.8 Å². The van der Waals surface area contributed by atoms with Crippen molar-refractivity contribution in [3.05, 3.63) is 47.3 Å². The predicted molar refractivity (Wildman–Crippen MR) is 102 cm³/mol. The molecule has 0 saturated carbocycles. The topological polar surface area (TPSA) is 36.3 Å². The Morgan fingerprint density at radius 3 is 2.38 bits per heavy atom. The van der Waals surface area contributed by atoms with Gasteiger partial charge in [-0.25, -0.2) is 0 Å². The van der Waals surface area contributed by atoms with Crippen LogP contribution in [0.4, 0.5) is 5.69 Å². The lowest BCUT2D eigenvalue weighted by Crippen LogP contribution is -2.49. The highest BCUT2D eigenvalue weighted by atomic mass is 32.1. The number of hydrogen-bond donors (Lipinski definition) is 1. The van der Waals surface area contributed by atoms with Gasteiger partial charge in [-0.3, -0.25) is 9.58 Å². The van der Waals surface area contributed by atoms with E-state index in [1.165, 1.54) is 11.1 Å². The molecule has 3 rings (SSSR count). The summed E-state index contributed by atoms with van der Waals surface area (Å²) in [6.45, 7) is 9.14. The number of aromatic nitrogens is 2. The first-order valence-electron chi connectivity index (χ1n) is 8.35. The largest absolute Gasteiger partial charge is 0.346 e. The summed E-state index contributed by atoms with van der Waals surface area (Å²) >= 11 is 5.57. The van der Waals surface area contributed by atoms with E-state index in [4.69, 9.17) is 12.2 Å². The molecular weight excluding hydrogens is 318 g/mol. The van der Waals surface area contributed by atoms with E-state index in [1.807, 2.05) is 24.9 Å². The van der Waals surface area contributed by atoms with E-state index in [2.05, 4.69) is 51.4 Å². The number of nitrogens with one attached hydrogen (secondary N) is 1. The van der Waals surface area contributed by atoms with E-state index in [0.717, 1.165) is 49.2 Å². The highest BCUT2D eigenvalue weighted by molar-refractivity contribution is 7.80. The van der Waals surface area contributed by atoms with E-state index < -0.39 is 0 Å². The minimum Gasteiger partial charge on any atom is -0.346 e. The molecule has 1 aromatic heterocycles. The van der Waals surface area contributed by atoms with Crippen LogP contribution in [0.1, 0.15) is 16.8 Å². The number of aryl methyl sites for hydroxylation is 2. The average Bonchev–Trinajstić information content (AvgIpc) is 2.90. The van der Waals surface area contributed by atoms with Gasteiger partial charge in [0.05, 0.1) is 17.6 Å². The van der Waals surface area contributed by atoms with Crippen molar-refractivity contribution in [3.8, 4) is 0 Å². The van der Waals surface area contributed by atoms with Crippen molar-refractivity contribution in [2.75, 3.05) is 31.5 Å². The van der Waals surface area contributed by atoms with Gasteiger partial charge in [0.2, 0.25) is 0 Å². The average molecular weight is 344 g/mol. The van der Waals surface area contributed by atoms with E-state index >= 15 is 0 Å². The molecule has 2 aromatic rings. The molecule has 1 N–H and O–H groups in total. The predicted octanol–water partition coefficient (Wildman–Crippen LogP) is 2.55. The number of piperazine rings is 1. The zero-order valence-electron chi connectivity index (χ0n) is 14.6. The Kier molecular flexibility index (Phi) is 5.16. The zero-order chi connectivity index (χ0) is 17.1. The van der Waals surface area contributed by atoms with Gasteiger partial charge in [-0.15, -0.1) is 0 Å². The van der Waals surface area contributed by atoms with Crippen LogP contribution in [0.25, 0.3) is 0 Å². The van der Waals surface area contributed by atoms with Crippen LogP contribution in [0.5, 0.6) is 0 Å². The van der Waals surface area contributed by atoms with Crippen molar-refractivity contribution >= 4 is 23.0 Å². The molecule has 0 spiro atoms. The fraction of sp³-hybridized carbons (Fsp3) is 0.444. The smallest absolute Gasteiger partial charge is 0.173 e. The van der Waals surface area contributed by atoms with Crippen molar-refractivity contribution in [2.24, 2.45) is 7.05 Å². The van der Waals surface area contributed by atoms with Crippen molar-refractivity contribution in [1.82, 2.24) is 19.6 Å². The lowest BCUT2D eigenvalue weighted by atomic mass is 10.1. The molecule has 0 atom stereocenters. The third-order valence-electron chi connectivity index (χ3n) is 4.66. The molecule has 0 aliphatic carbocycles. The number of nitrogens with zero attached hydrogens (tertiary/aromatic N) is 4. The van der Waals surface area contributed by atoms with Gasteiger partial charge in [-0.05, 0) is 31.6 Å². The summed E-state index contributed by atoms with van der Waals surface area (Å²) in [6.07, 6.45) is 1.83. The molecule has 24 heavy (non-hydrogen) atoms. The minimum atomic E-state index is 0.793. The van der Waals surface area contributed by atoms with Crippen molar-refractivity contribution in [1.29, 1.82) is 0 Å². The van der Waals surface area contributed by atoms with Crippen molar-refractivity contribution in [2.45, 2.75) is 20.4 Å². The Morgan fingerprint density at radius 1 is 1.12 bits per heavy atom. The van der Waals surface area contributed by atoms with Gasteiger partial charge in [0.1, 0.15) is 0 Å². The summed E-state index contributed by atoms with van der Waals surface area (Å²) in [5.41, 5.74) is 4.77. The number of rotatable bonds is 3. The van der Waals surface area contributed by atoms with Crippen LogP contribution in [0, 0.1) is 13.8 Å². The third kappa shape index (κ3) is 3.94. The van der Waals surface area contributed by atoms with Gasteiger partial charge in [0.15, 0.2) is 5.11 Å². The van der Waals surface area contributed by atoms with Crippen LogP contribution >= 0.6 is 12.2 Å². The summed E-state index contributed by atoms with van der Waals surface area (Å²) in [4.78, 5) is 4.73. The first-order valence-corrected chi connectivity index (χ1v) is 8.76. The van der Waals surface area contributed by atoms with E-state index in [-0.39, 0.29) is 0 Å². The van der Waals surface area contributed by atoms with Crippen molar-refractivity contribution < 1.29 is 0 Å². The van der Waals surface area contributed by atoms with Crippen molar-refractivity contribution in [3.63, 3.8) is 0 Å². The van der Waals surface area contributed by atoms with E-state index in [1.54, 1.807) is 0 Å². The standard InChI is InChI=1S/C18H25N5S/c1-14-4-6-16(7-5-14)13-22-8-10-23(11-9-22)18(24)20-17-12-19-21(3)15(17)2/h4-7,12H,8-11,13H2,1-3H3,(H,20,24). The molecule has 0 amide bonds. The van der Waals surface area contributed by atoms with Crippen LogP contribution in [-0.2, 0) is 13.6 Å². The molecule has 1 fully saturated rings. The zero-order valence-corrected chi connectivity index (χ0v) is 15.4. The number of benzene rings is 1. The maximum Gasteiger partial charge on any atom is 0.173 e. The highest BCUT2D eigenvalue weighted by Crippen LogP contribution is 2.15. The van der Waals surface area contributed by atoms with Gasteiger partial charge in [-0.2, -0.15) is 5.10 Å².